The molecule has 34 heavy (non-hydrogen) atoms. The number of amides is 2. The third-order valence-corrected chi connectivity index (χ3v) is 6.57. The van der Waals surface area contributed by atoms with Crippen molar-refractivity contribution < 1.29 is 14.7 Å². The summed E-state index contributed by atoms with van der Waals surface area (Å²) in [7, 11) is 0. The van der Waals surface area contributed by atoms with Gasteiger partial charge in [0.05, 0.1) is 11.0 Å². The summed E-state index contributed by atoms with van der Waals surface area (Å²) < 4.78 is 2.12. The number of anilines is 2. The Balaban J connectivity index is 1.69. The number of carbonyl (C=O) groups is 2. The van der Waals surface area contributed by atoms with Crippen LogP contribution in [0.25, 0.3) is 11.0 Å². The Morgan fingerprint density at radius 2 is 1.79 bits per heavy atom. The summed E-state index contributed by atoms with van der Waals surface area (Å²) in [5, 5.41) is 15.5. The standard InChI is InChI=1S/C27H34N4O3/c1-17-6-5-7-19(14-17)24(33)30-26-29-22-15-20(28-25(34)27(2,3)4)10-13-23(22)31(26)21-11-8-18(16-32)9-12-21/h5-7,10,13-15,18,21,32H,8-9,11-12,16H2,1-4H3,(H,28,34)(H,29,30,33). The molecule has 1 heterocycles. The van der Waals surface area contributed by atoms with Crippen molar-refractivity contribution in [3.8, 4) is 0 Å². The van der Waals surface area contributed by atoms with E-state index in [1.165, 1.54) is 0 Å². The first-order chi connectivity index (χ1) is 16.2. The summed E-state index contributed by atoms with van der Waals surface area (Å²) in [6.45, 7) is 7.79. The van der Waals surface area contributed by atoms with Gasteiger partial charge >= 0.3 is 0 Å². The van der Waals surface area contributed by atoms with Crippen LogP contribution in [-0.2, 0) is 4.79 Å². The number of aromatic nitrogens is 2. The molecule has 0 aliphatic heterocycles. The third kappa shape index (κ3) is 5.14. The van der Waals surface area contributed by atoms with E-state index in [0.717, 1.165) is 42.3 Å². The number of nitrogens with one attached hydrogen (secondary N) is 2. The molecular formula is C27H34N4O3. The van der Waals surface area contributed by atoms with Crippen molar-refractivity contribution in [3.05, 3.63) is 53.6 Å². The Bertz CT molecular complexity index is 1200. The molecule has 4 rings (SSSR count). The van der Waals surface area contributed by atoms with Gasteiger partial charge in [-0.2, -0.15) is 0 Å². The second kappa shape index (κ2) is 9.58. The normalized spacial score (nSPS) is 18.6. The van der Waals surface area contributed by atoms with E-state index in [2.05, 4.69) is 15.2 Å². The topological polar surface area (TPSA) is 96.3 Å². The molecule has 1 aromatic heterocycles. The molecule has 3 N–H and O–H groups in total. The molecule has 0 atom stereocenters. The lowest BCUT2D eigenvalue weighted by Gasteiger charge is -2.29. The summed E-state index contributed by atoms with van der Waals surface area (Å²) in [5.74, 6) is 0.566. The van der Waals surface area contributed by atoms with E-state index in [9.17, 15) is 14.7 Å². The minimum absolute atomic E-state index is 0.0680. The van der Waals surface area contributed by atoms with Crippen LogP contribution in [0, 0.1) is 18.3 Å². The molecular weight excluding hydrogens is 428 g/mol. The highest BCUT2D eigenvalue weighted by molar-refractivity contribution is 6.04. The molecule has 2 aromatic carbocycles. The van der Waals surface area contributed by atoms with Crippen LogP contribution in [0.5, 0.6) is 0 Å². The zero-order valence-corrected chi connectivity index (χ0v) is 20.4. The fraction of sp³-hybridized carbons (Fsp3) is 0.444. The molecule has 0 saturated heterocycles. The maximum atomic E-state index is 13.0. The minimum atomic E-state index is -0.507. The second-order valence-electron chi connectivity index (χ2n) is 10.4. The predicted molar refractivity (Wildman–Crippen MR) is 135 cm³/mol. The van der Waals surface area contributed by atoms with Gasteiger partial charge in [0, 0.05) is 29.3 Å². The van der Waals surface area contributed by atoms with Crippen LogP contribution < -0.4 is 10.6 Å². The fourth-order valence-corrected chi connectivity index (χ4v) is 4.50. The van der Waals surface area contributed by atoms with Crippen molar-refractivity contribution in [3.63, 3.8) is 0 Å². The zero-order chi connectivity index (χ0) is 24.5. The Morgan fingerprint density at radius 3 is 2.44 bits per heavy atom. The molecule has 1 saturated carbocycles. The molecule has 1 aliphatic carbocycles. The van der Waals surface area contributed by atoms with E-state index in [1.54, 1.807) is 6.07 Å². The van der Waals surface area contributed by atoms with Crippen LogP contribution in [0.3, 0.4) is 0 Å². The van der Waals surface area contributed by atoms with Gasteiger partial charge < -0.3 is 15.0 Å². The van der Waals surface area contributed by atoms with E-state index in [-0.39, 0.29) is 24.5 Å². The number of hydrogen-bond donors (Lipinski definition) is 3. The molecule has 7 heteroatoms. The number of benzene rings is 2. The fourth-order valence-electron chi connectivity index (χ4n) is 4.50. The Morgan fingerprint density at radius 1 is 1.06 bits per heavy atom. The number of aryl methyl sites for hydroxylation is 1. The lowest BCUT2D eigenvalue weighted by atomic mass is 9.86. The van der Waals surface area contributed by atoms with Gasteiger partial charge in [-0.3, -0.25) is 14.9 Å². The van der Waals surface area contributed by atoms with Gasteiger partial charge in [-0.1, -0.05) is 38.5 Å². The number of rotatable bonds is 5. The van der Waals surface area contributed by atoms with Crippen LogP contribution in [0.1, 0.15) is 68.4 Å². The zero-order valence-electron chi connectivity index (χ0n) is 20.4. The van der Waals surface area contributed by atoms with Gasteiger partial charge in [0.1, 0.15) is 0 Å². The first-order valence-corrected chi connectivity index (χ1v) is 12.0. The first-order valence-electron chi connectivity index (χ1n) is 12.0. The number of carbonyl (C=O) groups excluding carboxylic acids is 2. The van der Waals surface area contributed by atoms with E-state index in [4.69, 9.17) is 4.98 Å². The highest BCUT2D eigenvalue weighted by atomic mass is 16.3. The average Bonchev–Trinajstić information content (AvgIpc) is 3.15. The SMILES string of the molecule is Cc1cccc(C(=O)Nc2nc3cc(NC(=O)C(C)(C)C)ccc3n2C2CCC(CO)CC2)c1. The Hall–Kier alpha value is -3.19. The van der Waals surface area contributed by atoms with E-state index in [0.29, 0.717) is 23.1 Å². The molecule has 0 radical (unpaired) electrons. The summed E-state index contributed by atoms with van der Waals surface area (Å²) >= 11 is 0. The molecule has 0 unspecified atom stereocenters. The van der Waals surface area contributed by atoms with Crippen molar-refractivity contribution in [2.24, 2.45) is 11.3 Å². The maximum Gasteiger partial charge on any atom is 0.257 e. The van der Waals surface area contributed by atoms with E-state index in [1.807, 2.05) is 64.1 Å². The first kappa shape index (κ1) is 24.0. The highest BCUT2D eigenvalue weighted by Crippen LogP contribution is 2.37. The van der Waals surface area contributed by atoms with Gasteiger partial charge in [-0.15, -0.1) is 0 Å². The number of aliphatic hydroxyl groups excluding tert-OH is 1. The number of nitrogens with zero attached hydrogens (tertiary/aromatic N) is 2. The summed E-state index contributed by atoms with van der Waals surface area (Å²) in [6, 6.07) is 13.4. The molecule has 1 aliphatic rings. The number of imidazole rings is 1. The molecule has 3 aromatic rings. The van der Waals surface area contributed by atoms with Crippen LogP contribution in [-0.4, -0.2) is 33.1 Å². The van der Waals surface area contributed by atoms with Crippen molar-refractivity contribution >= 4 is 34.5 Å². The van der Waals surface area contributed by atoms with Gasteiger partial charge in [0.15, 0.2) is 0 Å². The minimum Gasteiger partial charge on any atom is -0.396 e. The lowest BCUT2D eigenvalue weighted by molar-refractivity contribution is -0.123. The van der Waals surface area contributed by atoms with E-state index < -0.39 is 5.41 Å². The number of fused-ring (bicyclic) bond motifs is 1. The quantitative estimate of drug-likeness (QED) is 0.479. The summed E-state index contributed by atoms with van der Waals surface area (Å²) in [4.78, 5) is 30.3. The highest BCUT2D eigenvalue weighted by Gasteiger charge is 2.27. The predicted octanol–water partition coefficient (Wildman–Crippen LogP) is 5.31. The second-order valence-corrected chi connectivity index (χ2v) is 10.4. The van der Waals surface area contributed by atoms with Crippen LogP contribution in [0.2, 0.25) is 0 Å². The number of aliphatic hydroxyl groups is 1. The van der Waals surface area contributed by atoms with Gasteiger partial charge in [-0.25, -0.2) is 4.98 Å². The molecule has 180 valence electrons. The Labute approximate surface area is 200 Å². The largest absolute Gasteiger partial charge is 0.396 e. The molecule has 7 nitrogen and oxygen atoms in total. The molecule has 0 spiro atoms. The van der Waals surface area contributed by atoms with Crippen LogP contribution in [0.4, 0.5) is 11.6 Å². The smallest absolute Gasteiger partial charge is 0.257 e. The van der Waals surface area contributed by atoms with Crippen molar-refractivity contribution in [2.75, 3.05) is 17.2 Å². The summed E-state index contributed by atoms with van der Waals surface area (Å²) in [5.41, 5.74) is 3.41. The average molecular weight is 463 g/mol. The van der Waals surface area contributed by atoms with Crippen molar-refractivity contribution in [1.82, 2.24) is 9.55 Å². The molecule has 0 bridgehead atoms. The van der Waals surface area contributed by atoms with E-state index >= 15 is 0 Å². The van der Waals surface area contributed by atoms with Crippen LogP contribution >= 0.6 is 0 Å². The van der Waals surface area contributed by atoms with Crippen molar-refractivity contribution in [2.45, 2.75) is 59.4 Å². The summed E-state index contributed by atoms with van der Waals surface area (Å²) in [6.07, 6.45) is 3.69. The Kier molecular flexibility index (Phi) is 6.75. The third-order valence-electron chi connectivity index (χ3n) is 6.57. The molecule has 2 amide bonds. The lowest BCUT2D eigenvalue weighted by Crippen LogP contribution is -2.27. The number of hydrogen-bond acceptors (Lipinski definition) is 4. The van der Waals surface area contributed by atoms with Gasteiger partial charge in [-0.05, 0) is 68.9 Å². The van der Waals surface area contributed by atoms with Crippen molar-refractivity contribution in [1.29, 1.82) is 0 Å². The maximum absolute atomic E-state index is 13.0. The monoisotopic (exact) mass is 462 g/mol. The van der Waals surface area contributed by atoms with Crippen LogP contribution in [0.15, 0.2) is 42.5 Å². The van der Waals surface area contributed by atoms with Gasteiger partial charge in [0.2, 0.25) is 11.9 Å². The molecule has 1 fully saturated rings. The van der Waals surface area contributed by atoms with Gasteiger partial charge in [0.25, 0.3) is 5.91 Å².